The highest BCUT2D eigenvalue weighted by atomic mass is 16.7. The summed E-state index contributed by atoms with van der Waals surface area (Å²) in [5.41, 5.74) is 0. The third kappa shape index (κ3) is 32.7. The zero-order chi connectivity index (χ0) is 55.3. The van der Waals surface area contributed by atoms with Crippen LogP contribution in [0.15, 0.2) is 60.8 Å². The van der Waals surface area contributed by atoms with Gasteiger partial charge in [-0.1, -0.05) is 229 Å². The van der Waals surface area contributed by atoms with E-state index in [1.165, 1.54) is 135 Å². The van der Waals surface area contributed by atoms with Gasteiger partial charge in [-0.05, 0) is 57.8 Å². The standard InChI is InChI=1S/C62H111NO13/c1-3-5-7-9-10-11-12-13-14-15-16-17-18-19-20-21-22-23-24-25-26-27-28-29-30-31-32-33-34-35-36-37-38-39-40-42-44-46-54(67)63-50(51(66)45-43-41-8-6-4-2)49-73-61-59(72)57(70)60(53(48-65)75-61)76-62-58(71)56(69)55(68)52(47-64)74-62/h5,7,10-11,13-14,16-17,43,45,50-53,55-62,64-66,68-72H,3-4,6,8-9,12,15,18-42,44,46-49H2,1-2H3,(H,63,67)/b7-5-,11-10-,14-13-,17-16-,45-43+. The second kappa shape index (κ2) is 47.5. The van der Waals surface area contributed by atoms with E-state index in [0.717, 1.165) is 70.6 Å². The number of unbranched alkanes of at least 4 members (excludes halogenated alkanes) is 27. The molecule has 2 aliphatic heterocycles. The Balaban J connectivity index is 1.49. The molecule has 14 nitrogen and oxygen atoms in total. The Morgan fingerprint density at radius 1 is 0.487 bits per heavy atom. The van der Waals surface area contributed by atoms with Crippen LogP contribution in [-0.2, 0) is 23.7 Å². The minimum atomic E-state index is -1.79. The lowest BCUT2D eigenvalue weighted by molar-refractivity contribution is -0.359. The van der Waals surface area contributed by atoms with Crippen molar-refractivity contribution in [1.82, 2.24) is 5.32 Å². The summed E-state index contributed by atoms with van der Waals surface area (Å²) in [6, 6.07) is -0.909. The van der Waals surface area contributed by atoms with Crippen LogP contribution in [0, 0.1) is 0 Å². The first-order valence-corrected chi connectivity index (χ1v) is 30.5. The van der Waals surface area contributed by atoms with E-state index in [0.29, 0.717) is 6.42 Å². The maximum absolute atomic E-state index is 13.1. The highest BCUT2D eigenvalue weighted by Gasteiger charge is 2.51. The molecule has 14 heteroatoms. The van der Waals surface area contributed by atoms with Gasteiger partial charge in [-0.2, -0.15) is 0 Å². The number of amides is 1. The second-order valence-electron chi connectivity index (χ2n) is 21.5. The van der Waals surface area contributed by atoms with Crippen molar-refractivity contribution in [2.24, 2.45) is 0 Å². The lowest BCUT2D eigenvalue weighted by Gasteiger charge is -2.46. The quantitative estimate of drug-likeness (QED) is 0.0204. The van der Waals surface area contributed by atoms with Gasteiger partial charge in [0, 0.05) is 6.42 Å². The lowest BCUT2D eigenvalue weighted by atomic mass is 9.97. The van der Waals surface area contributed by atoms with Crippen molar-refractivity contribution in [3.8, 4) is 0 Å². The van der Waals surface area contributed by atoms with Crippen molar-refractivity contribution >= 4 is 5.91 Å². The summed E-state index contributed by atoms with van der Waals surface area (Å²) in [6.07, 6.45) is 45.2. The van der Waals surface area contributed by atoms with Crippen molar-refractivity contribution < 1.29 is 64.6 Å². The predicted molar refractivity (Wildman–Crippen MR) is 304 cm³/mol. The maximum atomic E-state index is 13.1. The molecule has 0 aliphatic carbocycles. The highest BCUT2D eigenvalue weighted by molar-refractivity contribution is 5.76. The first kappa shape index (κ1) is 69.8. The summed E-state index contributed by atoms with van der Waals surface area (Å²) >= 11 is 0. The van der Waals surface area contributed by atoms with E-state index < -0.39 is 86.8 Å². The SMILES string of the molecule is CC/C=C\C/C=C\C/C=C\C/C=C\CCCCCCCCCCCCCCCCCCCCCCCCCCC(=O)NC(COC1OC(CO)C(OC2OC(CO)C(O)C(O)C2O)C(O)C1O)C(O)/C=C/CCCCC. The van der Waals surface area contributed by atoms with Crippen molar-refractivity contribution in [2.75, 3.05) is 19.8 Å². The fourth-order valence-electron chi connectivity index (χ4n) is 9.81. The van der Waals surface area contributed by atoms with Gasteiger partial charge in [-0.3, -0.25) is 4.79 Å². The molecule has 0 aromatic heterocycles. The van der Waals surface area contributed by atoms with Gasteiger partial charge in [0.1, 0.15) is 48.8 Å². The summed E-state index contributed by atoms with van der Waals surface area (Å²) in [5, 5.41) is 86.4. The van der Waals surface area contributed by atoms with Gasteiger partial charge in [0.15, 0.2) is 12.6 Å². The third-order valence-electron chi connectivity index (χ3n) is 14.7. The van der Waals surface area contributed by atoms with E-state index in [4.69, 9.17) is 18.9 Å². The van der Waals surface area contributed by atoms with E-state index in [1.807, 2.05) is 6.08 Å². The van der Waals surface area contributed by atoms with Crippen LogP contribution in [0.2, 0.25) is 0 Å². The zero-order valence-corrected chi connectivity index (χ0v) is 47.5. The summed E-state index contributed by atoms with van der Waals surface area (Å²) in [4.78, 5) is 13.1. The van der Waals surface area contributed by atoms with Gasteiger partial charge in [-0.15, -0.1) is 0 Å². The first-order chi connectivity index (χ1) is 37.1. The molecule has 76 heavy (non-hydrogen) atoms. The van der Waals surface area contributed by atoms with Crippen LogP contribution in [-0.4, -0.2) is 140 Å². The molecule has 2 aliphatic rings. The number of aliphatic hydroxyl groups excluding tert-OH is 8. The molecule has 0 saturated carbocycles. The molecular formula is C62H111NO13. The Hall–Kier alpha value is -2.31. The van der Waals surface area contributed by atoms with Crippen LogP contribution in [0.25, 0.3) is 0 Å². The monoisotopic (exact) mass is 1080 g/mol. The Bertz CT molecular complexity index is 1510. The van der Waals surface area contributed by atoms with Gasteiger partial charge >= 0.3 is 0 Å². The molecule has 2 rings (SSSR count). The molecule has 0 bridgehead atoms. The van der Waals surface area contributed by atoms with Crippen LogP contribution in [0.4, 0.5) is 0 Å². The second-order valence-corrected chi connectivity index (χ2v) is 21.5. The molecule has 12 atom stereocenters. The van der Waals surface area contributed by atoms with E-state index in [1.54, 1.807) is 6.08 Å². The molecule has 0 aromatic rings. The summed E-state index contributed by atoms with van der Waals surface area (Å²) in [7, 11) is 0. The van der Waals surface area contributed by atoms with Gasteiger partial charge in [0.05, 0.1) is 32.0 Å². The minimum Gasteiger partial charge on any atom is -0.394 e. The van der Waals surface area contributed by atoms with E-state index in [2.05, 4.69) is 67.8 Å². The largest absolute Gasteiger partial charge is 0.394 e. The Morgan fingerprint density at radius 3 is 1.39 bits per heavy atom. The van der Waals surface area contributed by atoms with Gasteiger partial charge in [0.25, 0.3) is 0 Å². The predicted octanol–water partition coefficient (Wildman–Crippen LogP) is 10.6. The molecule has 2 fully saturated rings. The van der Waals surface area contributed by atoms with Crippen LogP contribution in [0.1, 0.15) is 232 Å². The van der Waals surface area contributed by atoms with Crippen molar-refractivity contribution in [2.45, 2.75) is 306 Å². The molecule has 0 spiro atoms. The number of nitrogens with one attached hydrogen (secondary N) is 1. The van der Waals surface area contributed by atoms with E-state index >= 15 is 0 Å². The molecule has 9 N–H and O–H groups in total. The molecule has 2 heterocycles. The normalized spacial score (nSPS) is 25.3. The van der Waals surface area contributed by atoms with Crippen molar-refractivity contribution in [3.05, 3.63) is 60.8 Å². The van der Waals surface area contributed by atoms with Gasteiger partial charge in [0.2, 0.25) is 5.91 Å². The summed E-state index contributed by atoms with van der Waals surface area (Å²) < 4.78 is 22.6. The van der Waals surface area contributed by atoms with Gasteiger partial charge in [-0.25, -0.2) is 0 Å². The van der Waals surface area contributed by atoms with Crippen LogP contribution >= 0.6 is 0 Å². The molecule has 0 radical (unpaired) electrons. The van der Waals surface area contributed by atoms with Crippen LogP contribution < -0.4 is 5.32 Å². The fourth-order valence-corrected chi connectivity index (χ4v) is 9.81. The molecule has 0 aromatic carbocycles. The van der Waals surface area contributed by atoms with Crippen molar-refractivity contribution in [1.29, 1.82) is 0 Å². The average Bonchev–Trinajstić information content (AvgIpc) is 3.42. The zero-order valence-electron chi connectivity index (χ0n) is 47.5. The number of hydrogen-bond donors (Lipinski definition) is 9. The summed E-state index contributed by atoms with van der Waals surface area (Å²) in [6.45, 7) is 2.56. The number of carbonyl (C=O) groups excluding carboxylic acids is 1. The minimum absolute atomic E-state index is 0.245. The number of aliphatic hydroxyl groups is 8. The molecule has 12 unspecified atom stereocenters. The van der Waals surface area contributed by atoms with Crippen molar-refractivity contribution in [3.63, 3.8) is 0 Å². The topological polar surface area (TPSA) is 228 Å². The maximum Gasteiger partial charge on any atom is 0.220 e. The van der Waals surface area contributed by atoms with Gasteiger partial charge < -0.3 is 65.1 Å². The van der Waals surface area contributed by atoms with Crippen LogP contribution in [0.3, 0.4) is 0 Å². The molecule has 1 amide bonds. The summed E-state index contributed by atoms with van der Waals surface area (Å²) in [5.74, 6) is -0.245. The highest BCUT2D eigenvalue weighted by Crippen LogP contribution is 2.30. The average molecular weight is 1080 g/mol. The molecule has 442 valence electrons. The number of rotatable bonds is 48. The number of ether oxygens (including phenoxy) is 4. The molecule has 2 saturated heterocycles. The third-order valence-corrected chi connectivity index (χ3v) is 14.7. The fraction of sp³-hybridized carbons (Fsp3) is 0.823. The lowest BCUT2D eigenvalue weighted by Crippen LogP contribution is -2.65. The Labute approximate surface area is 460 Å². The Morgan fingerprint density at radius 2 is 0.908 bits per heavy atom. The smallest absolute Gasteiger partial charge is 0.220 e. The van der Waals surface area contributed by atoms with Crippen LogP contribution in [0.5, 0.6) is 0 Å². The number of allylic oxidation sites excluding steroid dienone is 9. The Kier molecular flexibility index (Phi) is 43.6. The molecular weight excluding hydrogens is 967 g/mol. The number of carbonyl (C=O) groups is 1. The number of hydrogen-bond acceptors (Lipinski definition) is 13. The van der Waals surface area contributed by atoms with E-state index in [-0.39, 0.29) is 18.9 Å². The van der Waals surface area contributed by atoms with E-state index in [9.17, 15) is 45.6 Å². The first-order valence-electron chi connectivity index (χ1n) is 30.5.